The van der Waals surface area contributed by atoms with E-state index in [1.165, 1.54) is 11.9 Å². The second-order valence-electron chi connectivity index (χ2n) is 6.01. The zero-order chi connectivity index (χ0) is 16.8. The molecule has 128 valence electrons. The lowest BCUT2D eigenvalue weighted by Crippen LogP contribution is -2.47. The fourth-order valence-corrected chi connectivity index (χ4v) is 2.79. The highest BCUT2D eigenvalue weighted by Crippen LogP contribution is 2.10. The summed E-state index contributed by atoms with van der Waals surface area (Å²) in [5, 5.41) is 6.94. The first-order valence-electron chi connectivity index (χ1n) is 8.22. The Morgan fingerprint density at radius 3 is 3.00 bits per heavy atom. The summed E-state index contributed by atoms with van der Waals surface area (Å²) in [6.07, 6.45) is 2.98. The van der Waals surface area contributed by atoms with Crippen LogP contribution in [0.15, 0.2) is 43.0 Å². The maximum atomic E-state index is 12.2. The molecule has 7 heteroatoms. The summed E-state index contributed by atoms with van der Waals surface area (Å²) in [6.45, 7) is 5.62. The van der Waals surface area contributed by atoms with Crippen molar-refractivity contribution >= 4 is 5.91 Å². The second-order valence-corrected chi connectivity index (χ2v) is 6.01. The molecular formula is C17H23N5O2. The largest absolute Gasteiger partial charge is 0.374 e. The monoisotopic (exact) mass is 329 g/mol. The Morgan fingerprint density at radius 2 is 2.25 bits per heavy atom. The van der Waals surface area contributed by atoms with Gasteiger partial charge in [0.15, 0.2) is 0 Å². The third kappa shape index (κ3) is 4.39. The summed E-state index contributed by atoms with van der Waals surface area (Å²) in [5.41, 5.74) is 1.29. The number of nitrogens with one attached hydrogen (secondary N) is 1. The SMILES string of the molecule is C[C@@H](C(=O)NC[C@H]1CN(Cc2ccccc2)CCO1)n1cncn1. The van der Waals surface area contributed by atoms with Gasteiger partial charge in [0.2, 0.25) is 5.91 Å². The van der Waals surface area contributed by atoms with Crippen LogP contribution in [-0.2, 0) is 16.1 Å². The lowest BCUT2D eigenvalue weighted by Gasteiger charge is -2.33. The molecule has 2 heterocycles. The number of carbonyl (C=O) groups is 1. The third-order valence-electron chi connectivity index (χ3n) is 4.19. The molecular weight excluding hydrogens is 306 g/mol. The Morgan fingerprint density at radius 1 is 1.42 bits per heavy atom. The van der Waals surface area contributed by atoms with Crippen LogP contribution in [0, 0.1) is 0 Å². The van der Waals surface area contributed by atoms with Crippen LogP contribution in [-0.4, -0.2) is 57.9 Å². The minimum absolute atomic E-state index is 0.00867. The number of hydrogen-bond acceptors (Lipinski definition) is 5. The summed E-state index contributed by atoms with van der Waals surface area (Å²) < 4.78 is 7.32. The van der Waals surface area contributed by atoms with Gasteiger partial charge in [-0.1, -0.05) is 30.3 Å². The maximum absolute atomic E-state index is 12.2. The van der Waals surface area contributed by atoms with Gasteiger partial charge < -0.3 is 10.1 Å². The summed E-state index contributed by atoms with van der Waals surface area (Å²) in [7, 11) is 0. The van der Waals surface area contributed by atoms with Gasteiger partial charge in [-0.3, -0.25) is 9.69 Å². The topological polar surface area (TPSA) is 72.3 Å². The Kier molecular flexibility index (Phi) is 5.55. The van der Waals surface area contributed by atoms with Crippen LogP contribution in [0.5, 0.6) is 0 Å². The minimum atomic E-state index is -0.378. The Bertz CT molecular complexity index is 632. The molecule has 1 amide bonds. The standard InChI is InChI=1S/C17H23N5O2/c1-14(22-13-18-12-20-22)17(23)19-9-16-11-21(7-8-24-16)10-15-5-3-2-4-6-15/h2-6,12-14,16H,7-11H2,1H3,(H,19,23)/t14-,16-/m0/s1. The molecule has 1 aromatic heterocycles. The Labute approximate surface area is 141 Å². The first-order valence-corrected chi connectivity index (χ1v) is 8.22. The van der Waals surface area contributed by atoms with Crippen molar-refractivity contribution in [3.8, 4) is 0 Å². The van der Waals surface area contributed by atoms with Crippen LogP contribution < -0.4 is 5.32 Å². The predicted molar refractivity (Wildman–Crippen MR) is 89.2 cm³/mol. The van der Waals surface area contributed by atoms with E-state index in [0.29, 0.717) is 13.2 Å². The molecule has 1 fully saturated rings. The molecule has 1 aliphatic rings. The van der Waals surface area contributed by atoms with Crippen LogP contribution >= 0.6 is 0 Å². The molecule has 1 saturated heterocycles. The predicted octanol–water partition coefficient (Wildman–Crippen LogP) is 0.856. The molecule has 1 aliphatic heterocycles. The molecule has 0 radical (unpaired) electrons. The van der Waals surface area contributed by atoms with Gasteiger partial charge in [-0.25, -0.2) is 9.67 Å². The number of rotatable bonds is 6. The van der Waals surface area contributed by atoms with E-state index in [1.807, 2.05) is 6.07 Å². The number of carbonyl (C=O) groups excluding carboxylic acids is 1. The van der Waals surface area contributed by atoms with Crippen LogP contribution in [0.25, 0.3) is 0 Å². The zero-order valence-electron chi connectivity index (χ0n) is 13.8. The van der Waals surface area contributed by atoms with E-state index in [0.717, 1.165) is 19.6 Å². The quantitative estimate of drug-likeness (QED) is 0.851. The smallest absolute Gasteiger partial charge is 0.244 e. The molecule has 0 aliphatic carbocycles. The molecule has 2 aromatic rings. The van der Waals surface area contributed by atoms with E-state index in [4.69, 9.17) is 4.74 Å². The van der Waals surface area contributed by atoms with Gasteiger partial charge >= 0.3 is 0 Å². The number of hydrogen-bond donors (Lipinski definition) is 1. The maximum Gasteiger partial charge on any atom is 0.244 e. The average molecular weight is 329 g/mol. The highest BCUT2D eigenvalue weighted by Gasteiger charge is 2.22. The molecule has 2 atom stereocenters. The van der Waals surface area contributed by atoms with Crippen LogP contribution in [0.1, 0.15) is 18.5 Å². The number of amides is 1. The second kappa shape index (κ2) is 8.03. The fraction of sp³-hybridized carbons (Fsp3) is 0.471. The molecule has 0 unspecified atom stereocenters. The number of nitrogens with zero attached hydrogens (tertiary/aromatic N) is 4. The highest BCUT2D eigenvalue weighted by molar-refractivity contribution is 5.79. The van der Waals surface area contributed by atoms with E-state index in [-0.39, 0.29) is 18.1 Å². The molecule has 3 rings (SSSR count). The third-order valence-corrected chi connectivity index (χ3v) is 4.19. The van der Waals surface area contributed by atoms with Gasteiger partial charge in [-0.15, -0.1) is 0 Å². The van der Waals surface area contributed by atoms with E-state index in [9.17, 15) is 4.79 Å². The van der Waals surface area contributed by atoms with Crippen LogP contribution in [0.3, 0.4) is 0 Å². The van der Waals surface area contributed by atoms with Gasteiger partial charge in [0.25, 0.3) is 0 Å². The summed E-state index contributed by atoms with van der Waals surface area (Å²) in [4.78, 5) is 18.4. The van der Waals surface area contributed by atoms with E-state index >= 15 is 0 Å². The number of benzene rings is 1. The highest BCUT2D eigenvalue weighted by atomic mass is 16.5. The number of ether oxygens (including phenoxy) is 1. The normalized spacial score (nSPS) is 19.8. The van der Waals surface area contributed by atoms with Crippen molar-refractivity contribution in [2.24, 2.45) is 0 Å². The summed E-state index contributed by atoms with van der Waals surface area (Å²) >= 11 is 0. The van der Waals surface area contributed by atoms with Gasteiger partial charge in [0.05, 0.1) is 12.7 Å². The van der Waals surface area contributed by atoms with Gasteiger partial charge in [-0.2, -0.15) is 5.10 Å². The lowest BCUT2D eigenvalue weighted by molar-refractivity contribution is -0.125. The summed E-state index contributed by atoms with van der Waals surface area (Å²) in [5.74, 6) is -0.0794. The van der Waals surface area contributed by atoms with E-state index in [2.05, 4.69) is 44.6 Å². The van der Waals surface area contributed by atoms with Crippen molar-refractivity contribution in [3.63, 3.8) is 0 Å². The van der Waals surface area contributed by atoms with Crippen molar-refractivity contribution in [3.05, 3.63) is 48.5 Å². The Balaban J connectivity index is 1.46. The molecule has 7 nitrogen and oxygen atoms in total. The molecule has 0 spiro atoms. The van der Waals surface area contributed by atoms with Gasteiger partial charge in [0.1, 0.15) is 18.7 Å². The van der Waals surface area contributed by atoms with E-state index < -0.39 is 0 Å². The van der Waals surface area contributed by atoms with Gasteiger partial charge in [0, 0.05) is 26.2 Å². The van der Waals surface area contributed by atoms with Crippen molar-refractivity contribution in [2.45, 2.75) is 25.6 Å². The average Bonchev–Trinajstić information content (AvgIpc) is 3.15. The number of aromatic nitrogens is 3. The lowest BCUT2D eigenvalue weighted by atomic mass is 10.2. The van der Waals surface area contributed by atoms with Crippen molar-refractivity contribution < 1.29 is 9.53 Å². The van der Waals surface area contributed by atoms with Crippen LogP contribution in [0.2, 0.25) is 0 Å². The van der Waals surface area contributed by atoms with Crippen molar-refractivity contribution in [1.29, 1.82) is 0 Å². The van der Waals surface area contributed by atoms with Crippen molar-refractivity contribution in [1.82, 2.24) is 25.0 Å². The first-order chi connectivity index (χ1) is 11.7. The minimum Gasteiger partial charge on any atom is -0.374 e. The fourth-order valence-electron chi connectivity index (χ4n) is 2.79. The molecule has 0 bridgehead atoms. The van der Waals surface area contributed by atoms with Gasteiger partial charge in [-0.05, 0) is 12.5 Å². The number of morpholine rings is 1. The first kappa shape index (κ1) is 16.6. The van der Waals surface area contributed by atoms with E-state index in [1.54, 1.807) is 17.9 Å². The molecule has 0 saturated carbocycles. The summed E-state index contributed by atoms with van der Waals surface area (Å²) in [6, 6.07) is 10.0. The molecule has 1 aromatic carbocycles. The zero-order valence-corrected chi connectivity index (χ0v) is 13.8. The Hall–Kier alpha value is -2.25. The molecule has 1 N–H and O–H groups in total. The molecule has 24 heavy (non-hydrogen) atoms. The van der Waals surface area contributed by atoms with Crippen molar-refractivity contribution in [2.75, 3.05) is 26.2 Å². The van der Waals surface area contributed by atoms with Crippen LogP contribution in [0.4, 0.5) is 0 Å².